The Balaban J connectivity index is 1.30. The lowest BCUT2D eigenvalue weighted by atomic mass is 10.1. The molecule has 4 heterocycles. The van der Waals surface area contributed by atoms with Crippen LogP contribution in [0, 0.1) is 0 Å². The van der Waals surface area contributed by atoms with Gasteiger partial charge in [-0.25, -0.2) is 9.50 Å². The van der Waals surface area contributed by atoms with Gasteiger partial charge < -0.3 is 9.88 Å². The number of carbonyl (C=O) groups excluding carboxylic acids is 1. The molecular weight excluding hydrogens is 426 g/mol. The van der Waals surface area contributed by atoms with Gasteiger partial charge in [0.2, 0.25) is 0 Å². The van der Waals surface area contributed by atoms with Crippen molar-refractivity contribution < 1.29 is 4.79 Å². The molecule has 8 nitrogen and oxygen atoms in total. The largest absolute Gasteiger partial charge is 0.322 e. The molecule has 0 bridgehead atoms. The predicted octanol–water partition coefficient (Wildman–Crippen LogP) is 4.63. The van der Waals surface area contributed by atoms with Gasteiger partial charge >= 0.3 is 0 Å². The molecule has 0 saturated heterocycles. The van der Waals surface area contributed by atoms with E-state index in [0.29, 0.717) is 16.9 Å². The molecular formula is C26H23N7O. The van der Waals surface area contributed by atoms with Gasteiger partial charge in [-0.2, -0.15) is 5.10 Å². The lowest BCUT2D eigenvalue weighted by molar-refractivity contribution is 0.102. The average Bonchev–Trinajstić information content (AvgIpc) is 3.42. The van der Waals surface area contributed by atoms with Crippen LogP contribution in [0.4, 0.5) is 5.69 Å². The third-order valence-electron chi connectivity index (χ3n) is 6.20. The van der Waals surface area contributed by atoms with Crippen LogP contribution >= 0.6 is 0 Å². The Morgan fingerprint density at radius 2 is 1.79 bits per heavy atom. The number of amides is 1. The van der Waals surface area contributed by atoms with Gasteiger partial charge in [-0.3, -0.25) is 4.79 Å². The van der Waals surface area contributed by atoms with Crippen molar-refractivity contribution in [2.24, 2.45) is 0 Å². The van der Waals surface area contributed by atoms with Crippen LogP contribution in [-0.4, -0.2) is 35.3 Å². The summed E-state index contributed by atoms with van der Waals surface area (Å²) in [4.78, 5) is 17.6. The molecule has 1 amide bonds. The molecule has 8 heteroatoms. The lowest BCUT2D eigenvalue weighted by Gasteiger charge is -2.09. The second-order valence-electron chi connectivity index (χ2n) is 8.43. The van der Waals surface area contributed by atoms with Gasteiger partial charge in [0, 0.05) is 36.0 Å². The first-order valence-electron chi connectivity index (χ1n) is 11.5. The summed E-state index contributed by atoms with van der Waals surface area (Å²) in [6.45, 7) is 0.923. The zero-order valence-corrected chi connectivity index (χ0v) is 18.6. The number of carbonyl (C=O) groups is 1. The number of aromatic nitrogens is 6. The third-order valence-corrected chi connectivity index (χ3v) is 6.20. The maximum Gasteiger partial charge on any atom is 0.261 e. The highest BCUT2D eigenvalue weighted by Crippen LogP contribution is 2.26. The van der Waals surface area contributed by atoms with Crippen molar-refractivity contribution in [2.75, 3.05) is 5.32 Å². The van der Waals surface area contributed by atoms with Gasteiger partial charge in [0.15, 0.2) is 11.5 Å². The molecule has 34 heavy (non-hydrogen) atoms. The highest BCUT2D eigenvalue weighted by molar-refractivity contribution is 6.08. The normalized spacial score (nSPS) is 13.4. The Labute approximate surface area is 196 Å². The summed E-state index contributed by atoms with van der Waals surface area (Å²) in [5, 5.41) is 16.3. The molecule has 1 aliphatic rings. The molecule has 0 unspecified atom stereocenters. The first kappa shape index (κ1) is 20.3. The van der Waals surface area contributed by atoms with Crippen LogP contribution in [0.5, 0.6) is 0 Å². The van der Waals surface area contributed by atoms with Crippen molar-refractivity contribution >= 4 is 17.2 Å². The minimum atomic E-state index is -0.259. The summed E-state index contributed by atoms with van der Waals surface area (Å²) in [7, 11) is 0. The van der Waals surface area contributed by atoms with Gasteiger partial charge in [-0.1, -0.05) is 48.9 Å². The SMILES string of the molecule is O=C(Nc1cccc(-c2nnc3n2CCCCC3)c1)c1cnn2c(-c3ccccc3)ccnc12. The van der Waals surface area contributed by atoms with Crippen LogP contribution in [0.1, 0.15) is 35.4 Å². The van der Waals surface area contributed by atoms with E-state index in [9.17, 15) is 4.79 Å². The van der Waals surface area contributed by atoms with Crippen molar-refractivity contribution in [3.63, 3.8) is 0 Å². The summed E-state index contributed by atoms with van der Waals surface area (Å²) in [5.41, 5.74) is 4.43. The fourth-order valence-corrected chi connectivity index (χ4v) is 4.51. The maximum atomic E-state index is 13.2. The summed E-state index contributed by atoms with van der Waals surface area (Å²) in [5.74, 6) is 1.62. The van der Waals surface area contributed by atoms with E-state index in [0.717, 1.165) is 54.3 Å². The van der Waals surface area contributed by atoms with Crippen LogP contribution in [0.15, 0.2) is 73.1 Å². The van der Waals surface area contributed by atoms with Crippen molar-refractivity contribution in [3.8, 4) is 22.6 Å². The smallest absolute Gasteiger partial charge is 0.261 e. The second kappa shape index (κ2) is 8.55. The molecule has 5 aromatic rings. The van der Waals surface area contributed by atoms with E-state index in [1.54, 1.807) is 16.9 Å². The van der Waals surface area contributed by atoms with Crippen LogP contribution < -0.4 is 5.32 Å². The molecule has 0 fully saturated rings. The van der Waals surface area contributed by atoms with Gasteiger partial charge in [0.25, 0.3) is 5.91 Å². The van der Waals surface area contributed by atoms with E-state index in [2.05, 4.69) is 30.2 Å². The first-order valence-corrected chi connectivity index (χ1v) is 11.5. The molecule has 0 saturated carbocycles. The molecule has 2 aromatic carbocycles. The number of nitrogens with one attached hydrogen (secondary N) is 1. The van der Waals surface area contributed by atoms with E-state index in [1.807, 2.05) is 60.7 Å². The van der Waals surface area contributed by atoms with Gasteiger partial charge in [0.05, 0.1) is 11.9 Å². The molecule has 0 radical (unpaired) electrons. The van der Waals surface area contributed by atoms with E-state index in [1.165, 1.54) is 6.42 Å². The zero-order valence-electron chi connectivity index (χ0n) is 18.6. The average molecular weight is 450 g/mol. The highest BCUT2D eigenvalue weighted by Gasteiger charge is 2.19. The number of benzene rings is 2. The second-order valence-corrected chi connectivity index (χ2v) is 8.43. The maximum absolute atomic E-state index is 13.2. The summed E-state index contributed by atoms with van der Waals surface area (Å²) in [6, 6.07) is 19.5. The van der Waals surface area contributed by atoms with Gasteiger partial charge in [-0.15, -0.1) is 10.2 Å². The van der Waals surface area contributed by atoms with Crippen LogP contribution in [-0.2, 0) is 13.0 Å². The quantitative estimate of drug-likeness (QED) is 0.432. The standard InChI is InChI=1S/C26H23N7O/c34-26(21-17-28-33-22(13-14-27-25(21)33)18-8-3-1-4-9-18)29-20-11-7-10-19(16-20)24-31-30-23-12-5-2-6-15-32(23)24/h1,3-4,7-11,13-14,16-17H,2,5-6,12,15H2,(H,29,34). The molecule has 0 spiro atoms. The van der Waals surface area contributed by atoms with Gasteiger partial charge in [-0.05, 0) is 31.0 Å². The number of aryl methyl sites for hydroxylation is 1. The molecule has 168 valence electrons. The van der Waals surface area contributed by atoms with E-state index in [-0.39, 0.29) is 5.91 Å². The van der Waals surface area contributed by atoms with E-state index in [4.69, 9.17) is 0 Å². The zero-order chi connectivity index (χ0) is 22.9. The topological polar surface area (TPSA) is 90.0 Å². The van der Waals surface area contributed by atoms with Crippen molar-refractivity contribution in [3.05, 3.63) is 84.4 Å². The summed E-state index contributed by atoms with van der Waals surface area (Å²) >= 11 is 0. The Hall–Kier alpha value is -4.33. The molecule has 0 aliphatic carbocycles. The van der Waals surface area contributed by atoms with Crippen LogP contribution in [0.25, 0.3) is 28.3 Å². The Bertz CT molecular complexity index is 1490. The molecule has 0 atom stereocenters. The number of fused-ring (bicyclic) bond motifs is 2. The molecule has 1 N–H and O–H groups in total. The minimum Gasteiger partial charge on any atom is -0.322 e. The summed E-state index contributed by atoms with van der Waals surface area (Å²) in [6.07, 6.45) is 7.70. The van der Waals surface area contributed by atoms with Crippen molar-refractivity contribution in [2.45, 2.75) is 32.2 Å². The fraction of sp³-hybridized carbons (Fsp3) is 0.192. The predicted molar refractivity (Wildman–Crippen MR) is 129 cm³/mol. The number of anilines is 1. The Morgan fingerprint density at radius 3 is 2.71 bits per heavy atom. The minimum absolute atomic E-state index is 0.259. The van der Waals surface area contributed by atoms with Crippen molar-refractivity contribution in [1.82, 2.24) is 29.4 Å². The molecule has 6 rings (SSSR count). The van der Waals surface area contributed by atoms with E-state index < -0.39 is 0 Å². The molecule has 3 aromatic heterocycles. The Morgan fingerprint density at radius 1 is 0.912 bits per heavy atom. The van der Waals surface area contributed by atoms with E-state index >= 15 is 0 Å². The number of hydrogen-bond donors (Lipinski definition) is 1. The summed E-state index contributed by atoms with van der Waals surface area (Å²) < 4.78 is 3.90. The van der Waals surface area contributed by atoms with Crippen molar-refractivity contribution in [1.29, 1.82) is 0 Å². The fourth-order valence-electron chi connectivity index (χ4n) is 4.51. The lowest BCUT2D eigenvalue weighted by Crippen LogP contribution is -2.12. The third kappa shape index (κ3) is 3.63. The number of rotatable bonds is 4. The number of hydrogen-bond acceptors (Lipinski definition) is 5. The van der Waals surface area contributed by atoms with Gasteiger partial charge in [0.1, 0.15) is 11.4 Å². The monoisotopic (exact) mass is 449 g/mol. The Kier molecular flexibility index (Phi) is 5.10. The first-order chi connectivity index (χ1) is 16.8. The number of nitrogens with zero attached hydrogens (tertiary/aromatic N) is 6. The van der Waals surface area contributed by atoms with Crippen LogP contribution in [0.3, 0.4) is 0 Å². The molecule has 1 aliphatic heterocycles. The van der Waals surface area contributed by atoms with Crippen LogP contribution in [0.2, 0.25) is 0 Å². The highest BCUT2D eigenvalue weighted by atomic mass is 16.1.